The fourth-order valence-electron chi connectivity index (χ4n) is 3.02. The Morgan fingerprint density at radius 1 is 1.35 bits per heavy atom. The number of fused-ring (bicyclic) bond motifs is 1. The second kappa shape index (κ2) is 6.22. The highest BCUT2D eigenvalue weighted by atomic mass is 15.3. The lowest BCUT2D eigenvalue weighted by Gasteiger charge is -2.31. The lowest BCUT2D eigenvalue weighted by molar-refractivity contribution is 0.373. The van der Waals surface area contributed by atoms with Crippen LogP contribution in [0, 0.1) is 5.92 Å². The van der Waals surface area contributed by atoms with Gasteiger partial charge < -0.3 is 10.2 Å². The zero-order chi connectivity index (χ0) is 13.8. The first-order chi connectivity index (χ1) is 9.88. The molecule has 3 rings (SSSR count). The minimum atomic E-state index is 0.771. The molecule has 108 valence electrons. The predicted octanol–water partition coefficient (Wildman–Crippen LogP) is 1.95. The van der Waals surface area contributed by atoms with Crippen LogP contribution in [-0.2, 0) is 0 Å². The molecule has 0 radical (unpaired) electrons. The van der Waals surface area contributed by atoms with E-state index in [9.17, 15) is 0 Å². The summed E-state index contributed by atoms with van der Waals surface area (Å²) in [6.45, 7) is 6.69. The van der Waals surface area contributed by atoms with E-state index in [2.05, 4.69) is 27.2 Å². The molecular weight excluding hydrogens is 250 g/mol. The minimum absolute atomic E-state index is 0.771. The third-order valence-corrected chi connectivity index (χ3v) is 4.03. The molecule has 0 amide bonds. The molecule has 2 aromatic heterocycles. The molecule has 1 aliphatic rings. The number of piperidine rings is 1. The molecule has 0 atom stereocenters. The van der Waals surface area contributed by atoms with Crippen molar-refractivity contribution >= 4 is 11.3 Å². The van der Waals surface area contributed by atoms with Crippen molar-refractivity contribution in [2.45, 2.75) is 26.2 Å². The van der Waals surface area contributed by atoms with Crippen molar-refractivity contribution in [3.05, 3.63) is 24.7 Å². The number of rotatable bonds is 5. The van der Waals surface area contributed by atoms with Crippen LogP contribution in [-0.4, -0.2) is 40.8 Å². The Morgan fingerprint density at radius 2 is 2.20 bits per heavy atom. The summed E-state index contributed by atoms with van der Waals surface area (Å²) in [5, 5.41) is 7.75. The zero-order valence-electron chi connectivity index (χ0n) is 12.1. The first-order valence-corrected chi connectivity index (χ1v) is 7.62. The van der Waals surface area contributed by atoms with Crippen molar-refractivity contribution in [3.8, 4) is 0 Å². The van der Waals surface area contributed by atoms with E-state index in [0.717, 1.165) is 49.9 Å². The van der Waals surface area contributed by atoms with Crippen LogP contribution in [0.15, 0.2) is 24.7 Å². The zero-order valence-corrected chi connectivity index (χ0v) is 12.1. The Labute approximate surface area is 120 Å². The molecule has 1 N–H and O–H groups in total. The summed E-state index contributed by atoms with van der Waals surface area (Å²) in [7, 11) is 0. The largest absolute Gasteiger partial charge is 0.355 e. The molecule has 2 aromatic rings. The van der Waals surface area contributed by atoms with Gasteiger partial charge in [-0.15, -0.1) is 0 Å². The molecule has 1 aliphatic heterocycles. The lowest BCUT2D eigenvalue weighted by Crippen LogP contribution is -2.37. The van der Waals surface area contributed by atoms with E-state index in [-0.39, 0.29) is 0 Å². The summed E-state index contributed by atoms with van der Waals surface area (Å²) in [5.74, 6) is 1.85. The van der Waals surface area contributed by atoms with Gasteiger partial charge in [-0.3, -0.25) is 0 Å². The fourth-order valence-corrected chi connectivity index (χ4v) is 3.02. The van der Waals surface area contributed by atoms with Gasteiger partial charge in [-0.25, -0.2) is 9.50 Å². The van der Waals surface area contributed by atoms with E-state index in [4.69, 9.17) is 0 Å². The van der Waals surface area contributed by atoms with Crippen molar-refractivity contribution in [1.29, 1.82) is 0 Å². The monoisotopic (exact) mass is 273 g/mol. The number of anilines is 1. The lowest BCUT2D eigenvalue weighted by atomic mass is 9.97. The molecule has 0 spiro atoms. The summed E-state index contributed by atoms with van der Waals surface area (Å²) in [6, 6.07) is 2.05. The second-order valence-electron chi connectivity index (χ2n) is 5.55. The van der Waals surface area contributed by atoms with Crippen LogP contribution >= 0.6 is 0 Å². The van der Waals surface area contributed by atoms with Gasteiger partial charge in [0.2, 0.25) is 0 Å². The molecule has 20 heavy (non-hydrogen) atoms. The van der Waals surface area contributed by atoms with Crippen LogP contribution < -0.4 is 10.2 Å². The number of hydrogen-bond donors (Lipinski definition) is 1. The molecule has 0 aliphatic carbocycles. The summed E-state index contributed by atoms with van der Waals surface area (Å²) in [6.07, 6.45) is 9.27. The first kappa shape index (κ1) is 13.4. The molecule has 1 saturated heterocycles. The SMILES string of the molecule is CCCN(CC1CCNCC1)c1nccn2nccc12. The van der Waals surface area contributed by atoms with Gasteiger partial charge in [0, 0.05) is 25.5 Å². The number of aromatic nitrogens is 3. The van der Waals surface area contributed by atoms with E-state index < -0.39 is 0 Å². The number of nitrogens with zero attached hydrogens (tertiary/aromatic N) is 4. The normalized spacial score (nSPS) is 16.6. The van der Waals surface area contributed by atoms with Crippen molar-refractivity contribution in [2.75, 3.05) is 31.1 Å². The maximum absolute atomic E-state index is 4.61. The van der Waals surface area contributed by atoms with Crippen LogP contribution in [0.5, 0.6) is 0 Å². The summed E-state index contributed by atoms with van der Waals surface area (Å²) >= 11 is 0. The van der Waals surface area contributed by atoms with Crippen molar-refractivity contribution in [2.24, 2.45) is 5.92 Å². The van der Waals surface area contributed by atoms with Gasteiger partial charge in [-0.2, -0.15) is 5.10 Å². The van der Waals surface area contributed by atoms with Gasteiger partial charge in [-0.1, -0.05) is 6.92 Å². The van der Waals surface area contributed by atoms with Crippen molar-refractivity contribution < 1.29 is 0 Å². The Morgan fingerprint density at radius 3 is 3.00 bits per heavy atom. The van der Waals surface area contributed by atoms with E-state index in [1.54, 1.807) is 0 Å². The Bertz CT molecular complexity index is 544. The summed E-state index contributed by atoms with van der Waals surface area (Å²) < 4.78 is 1.91. The molecular formula is C15H23N5. The maximum atomic E-state index is 4.61. The predicted molar refractivity (Wildman–Crippen MR) is 81.1 cm³/mol. The highest BCUT2D eigenvalue weighted by molar-refractivity contribution is 5.68. The van der Waals surface area contributed by atoms with Crippen LogP contribution in [0.1, 0.15) is 26.2 Å². The van der Waals surface area contributed by atoms with Gasteiger partial charge in [0.15, 0.2) is 5.82 Å². The van der Waals surface area contributed by atoms with Gasteiger partial charge in [0.1, 0.15) is 5.52 Å². The maximum Gasteiger partial charge on any atom is 0.154 e. The van der Waals surface area contributed by atoms with Crippen LogP contribution in [0.3, 0.4) is 0 Å². The highest BCUT2D eigenvalue weighted by Crippen LogP contribution is 2.22. The van der Waals surface area contributed by atoms with Gasteiger partial charge >= 0.3 is 0 Å². The van der Waals surface area contributed by atoms with E-state index >= 15 is 0 Å². The third kappa shape index (κ3) is 2.77. The Kier molecular flexibility index (Phi) is 4.16. The average molecular weight is 273 g/mol. The Hall–Kier alpha value is -1.62. The summed E-state index contributed by atoms with van der Waals surface area (Å²) in [4.78, 5) is 7.05. The van der Waals surface area contributed by atoms with Gasteiger partial charge in [0.05, 0.1) is 6.20 Å². The molecule has 0 aromatic carbocycles. The standard InChI is InChI=1S/C15H23N5/c1-2-10-19(12-13-3-6-16-7-4-13)15-14-5-8-18-20(14)11-9-17-15/h5,8-9,11,13,16H,2-4,6-7,10,12H2,1H3. The van der Waals surface area contributed by atoms with E-state index in [1.807, 2.05) is 29.2 Å². The highest BCUT2D eigenvalue weighted by Gasteiger charge is 2.19. The third-order valence-electron chi connectivity index (χ3n) is 4.03. The number of nitrogens with one attached hydrogen (secondary N) is 1. The smallest absolute Gasteiger partial charge is 0.154 e. The van der Waals surface area contributed by atoms with Crippen LogP contribution in [0.25, 0.3) is 5.52 Å². The molecule has 3 heterocycles. The molecule has 0 bridgehead atoms. The van der Waals surface area contributed by atoms with E-state index in [0.29, 0.717) is 0 Å². The molecule has 5 heteroatoms. The van der Waals surface area contributed by atoms with Crippen molar-refractivity contribution in [3.63, 3.8) is 0 Å². The average Bonchev–Trinajstić information content (AvgIpc) is 2.96. The van der Waals surface area contributed by atoms with Crippen LogP contribution in [0.2, 0.25) is 0 Å². The number of hydrogen-bond acceptors (Lipinski definition) is 4. The van der Waals surface area contributed by atoms with Gasteiger partial charge in [-0.05, 0) is 44.3 Å². The molecule has 5 nitrogen and oxygen atoms in total. The summed E-state index contributed by atoms with van der Waals surface area (Å²) in [5.41, 5.74) is 1.11. The molecule has 1 fully saturated rings. The second-order valence-corrected chi connectivity index (χ2v) is 5.55. The quantitative estimate of drug-likeness (QED) is 0.904. The van der Waals surface area contributed by atoms with Crippen molar-refractivity contribution in [1.82, 2.24) is 19.9 Å². The molecule has 0 unspecified atom stereocenters. The van der Waals surface area contributed by atoms with Crippen LogP contribution in [0.4, 0.5) is 5.82 Å². The van der Waals surface area contributed by atoms with Gasteiger partial charge in [0.25, 0.3) is 0 Å². The van der Waals surface area contributed by atoms with E-state index in [1.165, 1.54) is 12.8 Å². The minimum Gasteiger partial charge on any atom is -0.355 e. The molecule has 0 saturated carbocycles. The Balaban J connectivity index is 1.83. The fraction of sp³-hybridized carbons (Fsp3) is 0.600. The topological polar surface area (TPSA) is 45.5 Å². The first-order valence-electron chi connectivity index (χ1n) is 7.62.